The Kier molecular flexibility index (Phi) is 3.34. The minimum absolute atomic E-state index is 0.156. The topological polar surface area (TPSA) is 38.7 Å². The fourth-order valence-electron chi connectivity index (χ4n) is 2.40. The molecule has 3 heteroatoms. The third kappa shape index (κ3) is 2.14. The van der Waals surface area contributed by atoms with Crippen LogP contribution in [0.2, 0.25) is 0 Å². The zero-order chi connectivity index (χ0) is 11.5. The van der Waals surface area contributed by atoms with Crippen LogP contribution in [0.1, 0.15) is 30.7 Å². The average Bonchev–Trinajstić information content (AvgIpc) is 2.74. The fourth-order valence-corrected chi connectivity index (χ4v) is 2.40. The van der Waals surface area contributed by atoms with E-state index in [4.69, 9.17) is 9.47 Å². The van der Waals surface area contributed by atoms with Crippen LogP contribution >= 0.6 is 0 Å². The largest absolute Gasteiger partial charge is 0.497 e. The van der Waals surface area contributed by atoms with Crippen molar-refractivity contribution in [1.82, 2.24) is 0 Å². The van der Waals surface area contributed by atoms with Crippen molar-refractivity contribution in [3.63, 3.8) is 0 Å². The van der Waals surface area contributed by atoms with E-state index in [-0.39, 0.29) is 6.10 Å². The molecule has 1 aromatic rings. The van der Waals surface area contributed by atoms with Gasteiger partial charge in [-0.15, -0.1) is 0 Å². The van der Waals surface area contributed by atoms with E-state index in [0.29, 0.717) is 5.92 Å². The van der Waals surface area contributed by atoms with Crippen LogP contribution in [0.5, 0.6) is 11.5 Å². The molecular weight excluding hydrogens is 204 g/mol. The number of aliphatic hydroxyl groups is 1. The molecule has 0 saturated heterocycles. The summed E-state index contributed by atoms with van der Waals surface area (Å²) in [5.41, 5.74) is 1.18. The lowest BCUT2D eigenvalue weighted by Gasteiger charge is -2.15. The first-order valence-electron chi connectivity index (χ1n) is 5.64. The first-order chi connectivity index (χ1) is 7.74. The number of rotatable bonds is 3. The molecule has 1 aliphatic rings. The highest BCUT2D eigenvalue weighted by atomic mass is 16.5. The maximum atomic E-state index is 9.56. The molecule has 1 aliphatic carbocycles. The summed E-state index contributed by atoms with van der Waals surface area (Å²) in [5, 5.41) is 9.56. The zero-order valence-corrected chi connectivity index (χ0v) is 9.77. The van der Waals surface area contributed by atoms with Crippen LogP contribution in [0.4, 0.5) is 0 Å². The van der Waals surface area contributed by atoms with E-state index in [1.165, 1.54) is 5.56 Å². The second-order valence-electron chi connectivity index (χ2n) is 4.27. The number of hydrogen-bond acceptors (Lipinski definition) is 3. The lowest BCUT2D eigenvalue weighted by molar-refractivity contribution is 0.181. The molecule has 16 heavy (non-hydrogen) atoms. The summed E-state index contributed by atoms with van der Waals surface area (Å²) in [6.07, 6.45) is 2.60. The molecular formula is C13H18O3. The quantitative estimate of drug-likeness (QED) is 0.853. The monoisotopic (exact) mass is 222 g/mol. The normalized spacial score (nSPS) is 24.4. The van der Waals surface area contributed by atoms with Gasteiger partial charge in [0.25, 0.3) is 0 Å². The maximum absolute atomic E-state index is 9.56. The van der Waals surface area contributed by atoms with Gasteiger partial charge in [0.1, 0.15) is 11.5 Å². The Bertz CT molecular complexity index is 362. The first kappa shape index (κ1) is 11.3. The Labute approximate surface area is 96.0 Å². The molecule has 1 N–H and O–H groups in total. The van der Waals surface area contributed by atoms with Crippen molar-refractivity contribution in [2.45, 2.75) is 31.3 Å². The van der Waals surface area contributed by atoms with Crippen molar-refractivity contribution in [1.29, 1.82) is 0 Å². The van der Waals surface area contributed by atoms with Gasteiger partial charge in [0.05, 0.1) is 20.3 Å². The third-order valence-corrected chi connectivity index (χ3v) is 3.29. The molecule has 0 spiro atoms. The lowest BCUT2D eigenvalue weighted by Crippen LogP contribution is -2.01. The van der Waals surface area contributed by atoms with Gasteiger partial charge in [-0.3, -0.25) is 0 Å². The summed E-state index contributed by atoms with van der Waals surface area (Å²) >= 11 is 0. The zero-order valence-electron chi connectivity index (χ0n) is 9.77. The van der Waals surface area contributed by atoms with Crippen LogP contribution in [0.25, 0.3) is 0 Å². The molecule has 2 rings (SSSR count). The fraction of sp³-hybridized carbons (Fsp3) is 0.538. The molecule has 0 aliphatic heterocycles. The van der Waals surface area contributed by atoms with E-state index < -0.39 is 0 Å². The molecule has 0 heterocycles. The number of hydrogen-bond donors (Lipinski definition) is 1. The highest BCUT2D eigenvalue weighted by Crippen LogP contribution is 2.40. The van der Waals surface area contributed by atoms with Crippen molar-refractivity contribution in [2.75, 3.05) is 14.2 Å². The van der Waals surface area contributed by atoms with Crippen molar-refractivity contribution >= 4 is 0 Å². The van der Waals surface area contributed by atoms with Crippen LogP contribution < -0.4 is 9.47 Å². The van der Waals surface area contributed by atoms with Crippen LogP contribution in [0, 0.1) is 0 Å². The second kappa shape index (κ2) is 4.74. The lowest BCUT2D eigenvalue weighted by atomic mass is 9.96. The predicted molar refractivity (Wildman–Crippen MR) is 62.1 cm³/mol. The Balaban J connectivity index is 2.26. The van der Waals surface area contributed by atoms with Crippen molar-refractivity contribution in [3.8, 4) is 11.5 Å². The number of aliphatic hydroxyl groups excluding tert-OH is 1. The Morgan fingerprint density at radius 3 is 2.56 bits per heavy atom. The van der Waals surface area contributed by atoms with Crippen LogP contribution in [-0.4, -0.2) is 25.4 Å². The van der Waals surface area contributed by atoms with Gasteiger partial charge >= 0.3 is 0 Å². The highest BCUT2D eigenvalue weighted by Gasteiger charge is 2.26. The van der Waals surface area contributed by atoms with Crippen molar-refractivity contribution in [2.24, 2.45) is 0 Å². The molecule has 2 unspecified atom stereocenters. The Morgan fingerprint density at radius 1 is 1.19 bits per heavy atom. The van der Waals surface area contributed by atoms with Crippen LogP contribution in [0.3, 0.4) is 0 Å². The standard InChI is InChI=1S/C13H18O3/c1-15-11-5-6-12(13(8-11)16-2)9-3-4-10(14)7-9/h5-6,8-10,14H,3-4,7H2,1-2H3. The molecule has 0 radical (unpaired) electrons. The van der Waals surface area contributed by atoms with E-state index in [1.54, 1.807) is 14.2 Å². The molecule has 2 atom stereocenters. The molecule has 1 aromatic carbocycles. The summed E-state index contributed by atoms with van der Waals surface area (Å²) in [5.74, 6) is 2.08. The van der Waals surface area contributed by atoms with E-state index in [0.717, 1.165) is 30.8 Å². The third-order valence-electron chi connectivity index (χ3n) is 3.29. The molecule has 3 nitrogen and oxygen atoms in total. The first-order valence-corrected chi connectivity index (χ1v) is 5.64. The summed E-state index contributed by atoms with van der Waals surface area (Å²) in [7, 11) is 3.32. The SMILES string of the molecule is COc1ccc(C2CCC(O)C2)c(OC)c1. The van der Waals surface area contributed by atoms with Gasteiger partial charge in [-0.2, -0.15) is 0 Å². The van der Waals surface area contributed by atoms with Crippen molar-refractivity contribution < 1.29 is 14.6 Å². The van der Waals surface area contributed by atoms with Gasteiger partial charge in [-0.1, -0.05) is 6.07 Å². The average molecular weight is 222 g/mol. The molecule has 1 saturated carbocycles. The summed E-state index contributed by atoms with van der Waals surface area (Å²) in [6, 6.07) is 5.89. The highest BCUT2D eigenvalue weighted by molar-refractivity contribution is 5.43. The van der Waals surface area contributed by atoms with Gasteiger partial charge in [-0.25, -0.2) is 0 Å². The molecule has 0 aromatic heterocycles. The Hall–Kier alpha value is -1.22. The molecule has 1 fully saturated rings. The van der Waals surface area contributed by atoms with Gasteiger partial charge in [-0.05, 0) is 36.8 Å². The van der Waals surface area contributed by atoms with E-state index in [1.807, 2.05) is 18.2 Å². The number of methoxy groups -OCH3 is 2. The molecule has 0 bridgehead atoms. The minimum Gasteiger partial charge on any atom is -0.497 e. The number of benzene rings is 1. The van der Waals surface area contributed by atoms with E-state index >= 15 is 0 Å². The van der Waals surface area contributed by atoms with Crippen LogP contribution in [0.15, 0.2) is 18.2 Å². The molecule has 88 valence electrons. The van der Waals surface area contributed by atoms with Gasteiger partial charge in [0, 0.05) is 6.07 Å². The van der Waals surface area contributed by atoms with Crippen LogP contribution in [-0.2, 0) is 0 Å². The smallest absolute Gasteiger partial charge is 0.126 e. The predicted octanol–water partition coefficient (Wildman–Crippen LogP) is 2.33. The second-order valence-corrected chi connectivity index (χ2v) is 4.27. The summed E-state index contributed by atoms with van der Waals surface area (Å²) in [4.78, 5) is 0. The van der Waals surface area contributed by atoms with Gasteiger partial charge in [0.15, 0.2) is 0 Å². The van der Waals surface area contributed by atoms with E-state index in [2.05, 4.69) is 0 Å². The minimum atomic E-state index is -0.156. The van der Waals surface area contributed by atoms with Crippen molar-refractivity contribution in [3.05, 3.63) is 23.8 Å². The van der Waals surface area contributed by atoms with Gasteiger partial charge < -0.3 is 14.6 Å². The maximum Gasteiger partial charge on any atom is 0.126 e. The Morgan fingerprint density at radius 2 is 2.00 bits per heavy atom. The van der Waals surface area contributed by atoms with Gasteiger partial charge in [0.2, 0.25) is 0 Å². The van der Waals surface area contributed by atoms with E-state index in [9.17, 15) is 5.11 Å². The summed E-state index contributed by atoms with van der Waals surface area (Å²) < 4.78 is 10.5. The number of ether oxygens (including phenoxy) is 2. The molecule has 0 amide bonds. The summed E-state index contributed by atoms with van der Waals surface area (Å²) in [6.45, 7) is 0.